The van der Waals surface area contributed by atoms with Crippen molar-refractivity contribution >= 4 is 46.2 Å². The highest BCUT2D eigenvalue weighted by molar-refractivity contribution is 7.80. The number of fused-ring (bicyclic) bond motifs is 1. The normalized spacial score (nSPS) is 19.3. The molecule has 0 aromatic heterocycles. The van der Waals surface area contributed by atoms with Crippen molar-refractivity contribution in [2.45, 2.75) is 25.4 Å². The van der Waals surface area contributed by atoms with E-state index in [0.29, 0.717) is 21.8 Å². The van der Waals surface area contributed by atoms with Gasteiger partial charge < -0.3 is 20.2 Å². The minimum atomic E-state index is -0.843. The molecule has 2 aliphatic rings. The smallest absolute Gasteiger partial charge is 0.272 e. The van der Waals surface area contributed by atoms with Crippen LogP contribution < -0.4 is 10.2 Å². The van der Waals surface area contributed by atoms with E-state index in [9.17, 15) is 9.90 Å². The first kappa shape index (κ1) is 22.7. The fourth-order valence-electron chi connectivity index (χ4n) is 4.28. The summed E-state index contributed by atoms with van der Waals surface area (Å²) in [6.07, 6.45) is 1.93. The van der Waals surface area contributed by atoms with Crippen LogP contribution in [0.25, 0.3) is 0 Å². The van der Waals surface area contributed by atoms with Crippen LogP contribution in [-0.2, 0) is 4.79 Å². The predicted molar refractivity (Wildman–Crippen MR) is 132 cm³/mol. The number of likely N-dealkylation sites (N-methyl/N-ethyl adjacent to an activating group) is 1. The molecule has 0 spiro atoms. The third-order valence-electron chi connectivity index (χ3n) is 6.14. The zero-order valence-corrected chi connectivity index (χ0v) is 19.6. The van der Waals surface area contributed by atoms with Crippen molar-refractivity contribution in [2.24, 2.45) is 10.9 Å². The molecule has 4 rings (SSSR count). The molecule has 0 radical (unpaired) electrons. The Morgan fingerprint density at radius 1 is 1.22 bits per heavy atom. The number of nitrogens with one attached hydrogen (secondary N) is 1. The van der Waals surface area contributed by atoms with Gasteiger partial charge in [-0.25, -0.2) is 4.99 Å². The van der Waals surface area contributed by atoms with E-state index in [1.165, 1.54) is 0 Å². The summed E-state index contributed by atoms with van der Waals surface area (Å²) in [5, 5.41) is 13.5. The van der Waals surface area contributed by atoms with Gasteiger partial charge in [0.05, 0.1) is 11.4 Å². The number of carbonyl (C=O) groups is 1. The van der Waals surface area contributed by atoms with E-state index < -0.39 is 6.17 Å². The van der Waals surface area contributed by atoms with Crippen molar-refractivity contribution in [3.8, 4) is 0 Å². The number of thiocarbonyl (C=S) groups is 1. The van der Waals surface area contributed by atoms with Crippen LogP contribution in [0.3, 0.4) is 0 Å². The number of hydrogen-bond donors (Lipinski definition) is 2. The molecule has 1 fully saturated rings. The third kappa shape index (κ3) is 4.80. The Bertz CT molecular complexity index is 1020. The van der Waals surface area contributed by atoms with Gasteiger partial charge in [-0.15, -0.1) is 0 Å². The lowest BCUT2D eigenvalue weighted by Crippen LogP contribution is -2.52. The van der Waals surface area contributed by atoms with Gasteiger partial charge in [0.2, 0.25) is 6.17 Å². The van der Waals surface area contributed by atoms with Gasteiger partial charge >= 0.3 is 0 Å². The van der Waals surface area contributed by atoms with Crippen molar-refractivity contribution in [1.29, 1.82) is 0 Å². The lowest BCUT2D eigenvalue weighted by Gasteiger charge is -2.34. The van der Waals surface area contributed by atoms with Gasteiger partial charge in [-0.05, 0) is 55.6 Å². The molecule has 0 aliphatic carbocycles. The van der Waals surface area contributed by atoms with E-state index >= 15 is 0 Å². The number of benzene rings is 2. The molecule has 1 amide bonds. The van der Waals surface area contributed by atoms with Gasteiger partial charge in [-0.2, -0.15) is 0 Å². The molecule has 0 saturated carbocycles. The molecule has 6 nitrogen and oxygen atoms in total. The average Bonchev–Trinajstić information content (AvgIpc) is 2.90. The predicted octanol–water partition coefficient (Wildman–Crippen LogP) is 3.45. The first-order valence-corrected chi connectivity index (χ1v) is 11.6. The molecule has 1 saturated heterocycles. The minimum absolute atomic E-state index is 0.183. The lowest BCUT2D eigenvalue weighted by molar-refractivity contribution is -0.119. The maximum atomic E-state index is 13.3. The Hall–Kier alpha value is -2.48. The average molecular weight is 471 g/mol. The molecule has 2 aromatic rings. The van der Waals surface area contributed by atoms with Crippen molar-refractivity contribution in [1.82, 2.24) is 10.2 Å². The van der Waals surface area contributed by atoms with Gasteiger partial charge in [0.1, 0.15) is 0 Å². The molecule has 0 bridgehead atoms. The second kappa shape index (κ2) is 9.98. The van der Waals surface area contributed by atoms with Crippen LogP contribution >= 0.6 is 23.8 Å². The molecule has 1 unspecified atom stereocenters. The van der Waals surface area contributed by atoms with E-state index in [1.807, 2.05) is 42.5 Å². The number of carbonyl (C=O) groups excluding carboxylic acids is 1. The van der Waals surface area contributed by atoms with Crippen LogP contribution in [0.1, 0.15) is 30.4 Å². The van der Waals surface area contributed by atoms with Gasteiger partial charge in [0.15, 0.2) is 5.11 Å². The summed E-state index contributed by atoms with van der Waals surface area (Å²) in [4.78, 5) is 21.9. The van der Waals surface area contributed by atoms with E-state index in [1.54, 1.807) is 18.0 Å². The van der Waals surface area contributed by atoms with Crippen LogP contribution in [0.2, 0.25) is 5.02 Å². The number of halogens is 1. The molecular formula is C24H27ClN4O2S. The molecule has 32 heavy (non-hydrogen) atoms. The summed E-state index contributed by atoms with van der Waals surface area (Å²) in [5.41, 5.74) is 3.16. The summed E-state index contributed by atoms with van der Waals surface area (Å²) < 4.78 is 0. The Morgan fingerprint density at radius 3 is 2.62 bits per heavy atom. The van der Waals surface area contributed by atoms with Crippen LogP contribution in [0, 0.1) is 5.92 Å². The molecule has 1 atom stereocenters. The van der Waals surface area contributed by atoms with Crippen molar-refractivity contribution in [3.05, 3.63) is 64.7 Å². The number of amides is 1. The SMILES string of the molecule is CN1C(=O)C(NC(=S)N2CCC(CCO)CC2)N=C(c2ccccc2)c2cc(Cl)ccc21. The lowest BCUT2D eigenvalue weighted by atomic mass is 9.94. The number of aliphatic hydroxyl groups excluding tert-OH is 1. The van der Waals surface area contributed by atoms with Gasteiger partial charge in [-0.1, -0.05) is 41.9 Å². The zero-order chi connectivity index (χ0) is 22.7. The van der Waals surface area contributed by atoms with Crippen LogP contribution in [0.5, 0.6) is 0 Å². The van der Waals surface area contributed by atoms with Crippen molar-refractivity contribution < 1.29 is 9.90 Å². The summed E-state index contributed by atoms with van der Waals surface area (Å²) in [5.74, 6) is 0.337. The second-order valence-electron chi connectivity index (χ2n) is 8.20. The molecule has 8 heteroatoms. The van der Waals surface area contributed by atoms with Crippen molar-refractivity contribution in [3.63, 3.8) is 0 Å². The van der Waals surface area contributed by atoms with Gasteiger partial charge in [0, 0.05) is 42.9 Å². The topological polar surface area (TPSA) is 68.2 Å². The summed E-state index contributed by atoms with van der Waals surface area (Å²) in [7, 11) is 1.75. The fraction of sp³-hybridized carbons (Fsp3) is 0.375. The number of benzodiazepines with no additional fused rings is 1. The first-order chi connectivity index (χ1) is 15.5. The number of aliphatic imine (C=N–C) groups is 1. The van der Waals surface area contributed by atoms with Crippen LogP contribution in [0.4, 0.5) is 5.69 Å². The number of aliphatic hydroxyl groups is 1. The number of hydrogen-bond acceptors (Lipinski definition) is 4. The molecule has 2 aliphatic heterocycles. The maximum Gasteiger partial charge on any atom is 0.272 e. The minimum Gasteiger partial charge on any atom is -0.396 e. The van der Waals surface area contributed by atoms with Gasteiger partial charge in [0.25, 0.3) is 5.91 Å². The molecular weight excluding hydrogens is 444 g/mol. The number of piperidine rings is 1. The molecule has 168 valence electrons. The number of anilines is 1. The fourth-order valence-corrected chi connectivity index (χ4v) is 4.75. The van der Waals surface area contributed by atoms with E-state index in [2.05, 4.69) is 10.2 Å². The highest BCUT2D eigenvalue weighted by Crippen LogP contribution is 2.30. The Balaban J connectivity index is 1.63. The number of rotatable bonds is 4. The molecule has 2 N–H and O–H groups in total. The maximum absolute atomic E-state index is 13.3. The van der Waals surface area contributed by atoms with E-state index in [4.69, 9.17) is 28.8 Å². The third-order valence-corrected chi connectivity index (χ3v) is 6.76. The largest absolute Gasteiger partial charge is 0.396 e. The Labute approximate surface area is 198 Å². The Kier molecular flexibility index (Phi) is 7.08. The highest BCUT2D eigenvalue weighted by Gasteiger charge is 2.32. The van der Waals surface area contributed by atoms with Crippen molar-refractivity contribution in [2.75, 3.05) is 31.6 Å². The quantitative estimate of drug-likeness (QED) is 0.670. The van der Waals surface area contributed by atoms with E-state index in [0.717, 1.165) is 49.2 Å². The standard InChI is InChI=1S/C24H27ClN4O2S/c1-28-20-8-7-18(25)15-19(20)21(17-5-3-2-4-6-17)26-22(23(28)31)27-24(32)29-12-9-16(10-13-29)11-14-30/h2-8,15-16,22,30H,9-14H2,1H3,(H,27,32). The Morgan fingerprint density at radius 2 is 1.94 bits per heavy atom. The van der Waals surface area contributed by atoms with E-state index in [-0.39, 0.29) is 12.5 Å². The summed E-state index contributed by atoms with van der Waals surface area (Å²) >= 11 is 12.0. The first-order valence-electron chi connectivity index (χ1n) is 10.8. The molecule has 2 aromatic carbocycles. The van der Waals surface area contributed by atoms with Crippen LogP contribution in [-0.4, -0.2) is 59.6 Å². The summed E-state index contributed by atoms with van der Waals surface area (Å²) in [6.45, 7) is 1.83. The second-order valence-corrected chi connectivity index (χ2v) is 9.02. The summed E-state index contributed by atoms with van der Waals surface area (Å²) in [6, 6.07) is 15.3. The van der Waals surface area contributed by atoms with Gasteiger partial charge in [-0.3, -0.25) is 4.79 Å². The highest BCUT2D eigenvalue weighted by atomic mass is 35.5. The molecule has 2 heterocycles. The van der Waals surface area contributed by atoms with Crippen LogP contribution in [0.15, 0.2) is 53.5 Å². The monoisotopic (exact) mass is 470 g/mol. The zero-order valence-electron chi connectivity index (χ0n) is 18.0. The number of likely N-dealkylation sites (tertiary alicyclic amines) is 1. The number of nitrogens with zero attached hydrogens (tertiary/aromatic N) is 3.